The van der Waals surface area contributed by atoms with Crippen LogP contribution in [0.25, 0.3) is 0 Å². The molecule has 0 saturated heterocycles. The van der Waals surface area contributed by atoms with E-state index in [1.54, 1.807) is 0 Å². The van der Waals surface area contributed by atoms with E-state index in [9.17, 15) is 4.79 Å². The Balaban J connectivity index is 2.15. The van der Waals surface area contributed by atoms with Crippen molar-refractivity contribution < 1.29 is 9.47 Å². The second-order valence-electron chi connectivity index (χ2n) is 6.26. The first kappa shape index (κ1) is 17.5. The first-order chi connectivity index (χ1) is 10.8. The zero-order valence-corrected chi connectivity index (χ0v) is 14.5. The lowest BCUT2D eigenvalue weighted by Gasteiger charge is -2.19. The molecule has 0 aliphatic carbocycles. The van der Waals surface area contributed by atoms with Gasteiger partial charge in [-0.05, 0) is 16.5 Å². The molecule has 2 aromatic rings. The Labute approximate surface area is 140 Å². The maximum absolute atomic E-state index is 11.8. The summed E-state index contributed by atoms with van der Waals surface area (Å²) in [6.07, 6.45) is 1.43. The Kier molecular flexibility index (Phi) is 5.44. The average molecular weight is 337 g/mol. The molecule has 1 aromatic carbocycles. The zero-order chi connectivity index (χ0) is 17.0. The van der Waals surface area contributed by atoms with Crippen molar-refractivity contribution >= 4 is 11.6 Å². The van der Waals surface area contributed by atoms with Gasteiger partial charge >= 0.3 is 0 Å². The van der Waals surface area contributed by atoms with Gasteiger partial charge in [0.2, 0.25) is 0 Å². The number of H-pyrrole nitrogens is 1. The van der Waals surface area contributed by atoms with Gasteiger partial charge in [0, 0.05) is 7.11 Å². The predicted molar refractivity (Wildman–Crippen MR) is 89.9 cm³/mol. The number of aromatic amines is 1. The molecule has 2 rings (SSSR count). The molecule has 124 valence electrons. The molecule has 0 saturated carbocycles. The molecule has 1 atom stereocenters. The minimum Gasteiger partial charge on any atom is -0.487 e. The SMILES string of the molecule is COC(Cl)c1c(OCc2ccc(C(C)(C)C)cc2)cn[nH]c1=O. The van der Waals surface area contributed by atoms with E-state index in [1.165, 1.54) is 18.9 Å². The van der Waals surface area contributed by atoms with Gasteiger partial charge in [-0.3, -0.25) is 4.79 Å². The summed E-state index contributed by atoms with van der Waals surface area (Å²) >= 11 is 6.00. The molecular formula is C17H21ClN2O3. The highest BCUT2D eigenvalue weighted by molar-refractivity contribution is 6.20. The summed E-state index contributed by atoms with van der Waals surface area (Å²) in [6, 6.07) is 8.18. The molecule has 0 aliphatic heterocycles. The number of halogens is 1. The third-order valence-corrected chi connectivity index (χ3v) is 3.90. The lowest BCUT2D eigenvalue weighted by molar-refractivity contribution is 0.162. The highest BCUT2D eigenvalue weighted by Gasteiger charge is 2.18. The molecule has 1 N–H and O–H groups in total. The molecule has 0 amide bonds. The normalized spacial score (nSPS) is 12.9. The number of methoxy groups -OCH3 is 1. The molecular weight excluding hydrogens is 316 g/mol. The summed E-state index contributed by atoms with van der Waals surface area (Å²) in [6.45, 7) is 6.81. The zero-order valence-electron chi connectivity index (χ0n) is 13.7. The fourth-order valence-corrected chi connectivity index (χ4v) is 2.31. The van der Waals surface area contributed by atoms with Crippen molar-refractivity contribution in [3.8, 4) is 5.75 Å². The smallest absolute Gasteiger partial charge is 0.275 e. The van der Waals surface area contributed by atoms with Crippen molar-refractivity contribution in [3.05, 3.63) is 57.5 Å². The number of rotatable bonds is 5. The molecule has 0 bridgehead atoms. The second kappa shape index (κ2) is 7.15. The lowest BCUT2D eigenvalue weighted by atomic mass is 9.87. The van der Waals surface area contributed by atoms with Crippen molar-refractivity contribution in [1.82, 2.24) is 10.2 Å². The van der Waals surface area contributed by atoms with Crippen LogP contribution >= 0.6 is 11.6 Å². The van der Waals surface area contributed by atoms with Crippen LogP contribution < -0.4 is 10.3 Å². The Morgan fingerprint density at radius 3 is 2.48 bits per heavy atom. The van der Waals surface area contributed by atoms with Crippen molar-refractivity contribution in [2.45, 2.75) is 38.4 Å². The third-order valence-electron chi connectivity index (χ3n) is 3.51. The van der Waals surface area contributed by atoms with Gasteiger partial charge in [0.05, 0.1) is 6.20 Å². The summed E-state index contributed by atoms with van der Waals surface area (Å²) in [5.74, 6) is 0.315. The Bertz CT molecular complexity index is 705. The topological polar surface area (TPSA) is 64.2 Å². The fraction of sp³-hybridized carbons (Fsp3) is 0.412. The number of ether oxygens (including phenoxy) is 2. The number of hydrogen-bond acceptors (Lipinski definition) is 4. The average Bonchev–Trinajstić information content (AvgIpc) is 2.52. The van der Waals surface area contributed by atoms with Gasteiger partial charge in [0.25, 0.3) is 5.56 Å². The number of nitrogens with zero attached hydrogens (tertiary/aromatic N) is 1. The van der Waals surface area contributed by atoms with Gasteiger partial charge in [-0.2, -0.15) is 5.10 Å². The minimum absolute atomic E-state index is 0.105. The molecule has 1 heterocycles. The first-order valence-corrected chi connectivity index (χ1v) is 7.73. The Morgan fingerprint density at radius 1 is 1.26 bits per heavy atom. The predicted octanol–water partition coefficient (Wildman–Crippen LogP) is 3.53. The summed E-state index contributed by atoms with van der Waals surface area (Å²) in [5, 5.41) is 6.07. The number of aromatic nitrogens is 2. The summed E-state index contributed by atoms with van der Waals surface area (Å²) in [4.78, 5) is 11.8. The van der Waals surface area contributed by atoms with Crippen molar-refractivity contribution in [1.29, 1.82) is 0 Å². The minimum atomic E-state index is -0.889. The maximum Gasteiger partial charge on any atom is 0.275 e. The molecule has 0 fully saturated rings. The number of benzene rings is 1. The van der Waals surface area contributed by atoms with Crippen LogP contribution in [0.1, 0.15) is 43.0 Å². The van der Waals surface area contributed by atoms with E-state index in [0.717, 1.165) is 5.56 Å². The van der Waals surface area contributed by atoms with E-state index in [2.05, 4.69) is 43.1 Å². The van der Waals surface area contributed by atoms with E-state index in [-0.39, 0.29) is 11.0 Å². The van der Waals surface area contributed by atoms with Crippen LogP contribution in [0.15, 0.2) is 35.3 Å². The van der Waals surface area contributed by atoms with Gasteiger partial charge in [0.1, 0.15) is 12.2 Å². The van der Waals surface area contributed by atoms with E-state index in [1.807, 2.05) is 12.1 Å². The number of nitrogens with one attached hydrogen (secondary N) is 1. The molecule has 5 nitrogen and oxygen atoms in total. The quantitative estimate of drug-likeness (QED) is 0.848. The molecule has 0 aliphatic rings. The van der Waals surface area contributed by atoms with Crippen LogP contribution in [0.4, 0.5) is 0 Å². The third kappa shape index (κ3) is 4.33. The molecule has 1 aromatic heterocycles. The van der Waals surface area contributed by atoms with Crippen molar-refractivity contribution in [2.75, 3.05) is 7.11 Å². The fourth-order valence-electron chi connectivity index (χ4n) is 2.10. The van der Waals surface area contributed by atoms with E-state index in [4.69, 9.17) is 21.1 Å². The van der Waals surface area contributed by atoms with Crippen LogP contribution in [0.3, 0.4) is 0 Å². The number of alkyl halides is 1. The molecule has 23 heavy (non-hydrogen) atoms. The highest BCUT2D eigenvalue weighted by atomic mass is 35.5. The Morgan fingerprint density at radius 2 is 1.91 bits per heavy atom. The first-order valence-electron chi connectivity index (χ1n) is 7.29. The van der Waals surface area contributed by atoms with E-state index >= 15 is 0 Å². The van der Waals surface area contributed by atoms with Gasteiger partial charge < -0.3 is 9.47 Å². The molecule has 1 unspecified atom stereocenters. The Hall–Kier alpha value is -1.85. The van der Waals surface area contributed by atoms with Crippen LogP contribution in [0.2, 0.25) is 0 Å². The summed E-state index contributed by atoms with van der Waals surface area (Å²) in [5.41, 5.74) is 1.25. The van der Waals surface area contributed by atoms with Gasteiger partial charge in [-0.15, -0.1) is 0 Å². The molecule has 0 spiro atoms. The van der Waals surface area contributed by atoms with E-state index < -0.39 is 11.1 Å². The second-order valence-corrected chi connectivity index (χ2v) is 6.66. The molecule has 0 radical (unpaired) electrons. The van der Waals surface area contributed by atoms with Crippen LogP contribution in [0.5, 0.6) is 5.75 Å². The highest BCUT2D eigenvalue weighted by Crippen LogP contribution is 2.27. The maximum atomic E-state index is 11.8. The van der Waals surface area contributed by atoms with Crippen molar-refractivity contribution in [3.63, 3.8) is 0 Å². The summed E-state index contributed by atoms with van der Waals surface area (Å²) in [7, 11) is 1.42. The molecule has 6 heteroatoms. The van der Waals surface area contributed by atoms with Crippen LogP contribution in [-0.2, 0) is 16.8 Å². The van der Waals surface area contributed by atoms with Crippen molar-refractivity contribution in [2.24, 2.45) is 0 Å². The van der Waals surface area contributed by atoms with Crippen LogP contribution in [-0.4, -0.2) is 17.3 Å². The largest absolute Gasteiger partial charge is 0.487 e. The van der Waals surface area contributed by atoms with Gasteiger partial charge in [0.15, 0.2) is 11.3 Å². The van der Waals surface area contributed by atoms with Crippen LogP contribution in [0, 0.1) is 0 Å². The standard InChI is InChI=1S/C17H21ClN2O3/c1-17(2,3)12-7-5-11(6-8-12)10-23-13-9-19-20-16(21)14(13)15(18)22-4/h5-9,15H,10H2,1-4H3,(H,20,21). The van der Waals surface area contributed by atoms with Gasteiger partial charge in [-0.25, -0.2) is 5.10 Å². The van der Waals surface area contributed by atoms with E-state index in [0.29, 0.717) is 12.4 Å². The van der Waals surface area contributed by atoms with Gasteiger partial charge in [-0.1, -0.05) is 56.6 Å². The lowest BCUT2D eigenvalue weighted by Crippen LogP contribution is -2.18. The monoisotopic (exact) mass is 336 g/mol. The number of hydrogen-bond donors (Lipinski definition) is 1. The summed E-state index contributed by atoms with van der Waals surface area (Å²) < 4.78 is 10.7.